The highest BCUT2D eigenvalue weighted by atomic mass is 16.5. The Morgan fingerprint density at radius 3 is 2.84 bits per heavy atom. The van der Waals surface area contributed by atoms with Gasteiger partial charge in [-0.15, -0.1) is 0 Å². The van der Waals surface area contributed by atoms with Crippen molar-refractivity contribution in [2.24, 2.45) is 17.6 Å². The number of benzene rings is 1. The third-order valence-corrected chi connectivity index (χ3v) is 3.95. The number of primary amides is 1. The van der Waals surface area contributed by atoms with Crippen molar-refractivity contribution >= 4 is 11.6 Å². The van der Waals surface area contributed by atoms with E-state index >= 15 is 0 Å². The Bertz CT molecular complexity index is 495. The molecule has 0 bridgehead atoms. The van der Waals surface area contributed by atoms with E-state index in [-0.39, 0.29) is 6.61 Å². The van der Waals surface area contributed by atoms with Gasteiger partial charge in [-0.3, -0.25) is 4.79 Å². The predicted octanol–water partition coefficient (Wildman–Crippen LogP) is 1.93. The Morgan fingerprint density at radius 2 is 2.16 bits per heavy atom. The van der Waals surface area contributed by atoms with Crippen LogP contribution in [0.2, 0.25) is 0 Å². The monoisotopic (exact) mass is 258 g/mol. The summed E-state index contributed by atoms with van der Waals surface area (Å²) in [6.07, 6.45) is 7.11. The van der Waals surface area contributed by atoms with E-state index < -0.39 is 5.91 Å². The minimum Gasteiger partial charge on any atom is -0.484 e. The minimum absolute atomic E-state index is 0.0794. The zero-order valence-electron chi connectivity index (χ0n) is 10.7. The number of allylic oxidation sites excluding steroid dienone is 1. The van der Waals surface area contributed by atoms with Gasteiger partial charge in [-0.2, -0.15) is 0 Å². The molecule has 2 aliphatic rings. The molecule has 1 aromatic rings. The van der Waals surface area contributed by atoms with E-state index in [4.69, 9.17) is 10.5 Å². The molecule has 3 rings (SSSR count). The van der Waals surface area contributed by atoms with Crippen molar-refractivity contribution in [3.8, 4) is 5.75 Å². The number of ether oxygens (including phenoxy) is 1. The van der Waals surface area contributed by atoms with Crippen LogP contribution in [0.4, 0.5) is 5.69 Å². The van der Waals surface area contributed by atoms with Gasteiger partial charge in [0.05, 0.1) is 0 Å². The van der Waals surface area contributed by atoms with Crippen LogP contribution in [0.15, 0.2) is 36.4 Å². The molecule has 19 heavy (non-hydrogen) atoms. The fraction of sp³-hybridized carbons (Fsp3) is 0.400. The average molecular weight is 258 g/mol. The summed E-state index contributed by atoms with van der Waals surface area (Å²) in [4.78, 5) is 10.6. The molecule has 1 fully saturated rings. The molecule has 100 valence electrons. The number of anilines is 1. The Kier molecular flexibility index (Phi) is 3.15. The van der Waals surface area contributed by atoms with Gasteiger partial charge in [0.1, 0.15) is 5.75 Å². The van der Waals surface area contributed by atoms with Crippen molar-refractivity contribution in [2.45, 2.75) is 18.9 Å². The molecule has 0 spiro atoms. The normalized spacial score (nSPS) is 27.5. The largest absolute Gasteiger partial charge is 0.484 e. The quantitative estimate of drug-likeness (QED) is 0.793. The third kappa shape index (κ3) is 2.57. The number of hydrogen-bond donors (Lipinski definition) is 2. The molecule has 0 saturated heterocycles. The molecule has 1 amide bonds. The number of hydrogen-bond acceptors (Lipinski definition) is 3. The number of rotatable bonds is 5. The van der Waals surface area contributed by atoms with E-state index in [2.05, 4.69) is 17.5 Å². The van der Waals surface area contributed by atoms with Crippen LogP contribution < -0.4 is 15.8 Å². The zero-order chi connectivity index (χ0) is 13.2. The molecule has 3 N–H and O–H groups in total. The van der Waals surface area contributed by atoms with Crippen LogP contribution in [0.25, 0.3) is 0 Å². The maximum absolute atomic E-state index is 10.6. The summed E-state index contributed by atoms with van der Waals surface area (Å²) in [6.45, 7) is -0.0794. The van der Waals surface area contributed by atoms with E-state index in [1.54, 1.807) is 0 Å². The molecule has 0 aromatic heterocycles. The van der Waals surface area contributed by atoms with Crippen LogP contribution in [0.3, 0.4) is 0 Å². The van der Waals surface area contributed by atoms with Gasteiger partial charge in [-0.05, 0) is 43.0 Å². The van der Waals surface area contributed by atoms with Crippen LogP contribution in [0, 0.1) is 11.8 Å². The van der Waals surface area contributed by atoms with Gasteiger partial charge in [-0.25, -0.2) is 0 Å². The molecular formula is C15H18N2O2. The molecule has 0 aliphatic heterocycles. The first-order valence-electron chi connectivity index (χ1n) is 6.67. The standard InChI is InChI=1S/C15H18N2O2/c16-15(18)9-19-12-6-4-11(5-7-12)17-14-8-10-2-1-3-13(10)14/h1,3-7,10,13-14,17H,2,8-9H2,(H2,16,18). The molecule has 1 aromatic carbocycles. The van der Waals surface area contributed by atoms with E-state index in [1.807, 2.05) is 24.3 Å². The Balaban J connectivity index is 1.54. The van der Waals surface area contributed by atoms with Crippen LogP contribution >= 0.6 is 0 Å². The Hall–Kier alpha value is -1.97. The third-order valence-electron chi connectivity index (χ3n) is 3.95. The van der Waals surface area contributed by atoms with Gasteiger partial charge >= 0.3 is 0 Å². The summed E-state index contributed by atoms with van der Waals surface area (Å²) in [7, 11) is 0. The molecular weight excluding hydrogens is 240 g/mol. The van der Waals surface area contributed by atoms with Gasteiger partial charge in [0, 0.05) is 17.6 Å². The number of amides is 1. The lowest BCUT2D eigenvalue weighted by molar-refractivity contribution is -0.119. The molecule has 3 unspecified atom stereocenters. The summed E-state index contributed by atoms with van der Waals surface area (Å²) in [5.74, 6) is 1.76. The molecule has 1 saturated carbocycles. The summed E-state index contributed by atoms with van der Waals surface area (Å²) in [5.41, 5.74) is 6.12. The molecule has 4 nitrogen and oxygen atoms in total. The summed E-state index contributed by atoms with van der Waals surface area (Å²) in [6, 6.07) is 8.21. The highest BCUT2D eigenvalue weighted by Gasteiger charge is 2.40. The molecule has 4 heteroatoms. The average Bonchev–Trinajstić information content (AvgIpc) is 2.76. The first-order valence-corrected chi connectivity index (χ1v) is 6.67. The van der Waals surface area contributed by atoms with Crippen molar-refractivity contribution < 1.29 is 9.53 Å². The van der Waals surface area contributed by atoms with Crippen molar-refractivity contribution in [1.82, 2.24) is 0 Å². The number of nitrogens with one attached hydrogen (secondary N) is 1. The lowest BCUT2D eigenvalue weighted by atomic mass is 9.71. The van der Waals surface area contributed by atoms with Gasteiger partial charge < -0.3 is 15.8 Å². The first-order chi connectivity index (χ1) is 9.22. The van der Waals surface area contributed by atoms with Gasteiger partial charge in [0.2, 0.25) is 0 Å². The number of nitrogens with two attached hydrogens (primary N) is 1. The van der Waals surface area contributed by atoms with Gasteiger partial charge in [0.25, 0.3) is 5.91 Å². The van der Waals surface area contributed by atoms with Crippen LogP contribution in [-0.2, 0) is 4.79 Å². The molecule has 0 heterocycles. The van der Waals surface area contributed by atoms with Crippen LogP contribution in [0.5, 0.6) is 5.75 Å². The first kappa shape index (κ1) is 12.1. The van der Waals surface area contributed by atoms with Gasteiger partial charge in [0.15, 0.2) is 6.61 Å². The molecule has 2 aliphatic carbocycles. The van der Waals surface area contributed by atoms with Crippen LogP contribution in [-0.4, -0.2) is 18.6 Å². The number of carbonyl (C=O) groups excluding carboxylic acids is 1. The van der Waals surface area contributed by atoms with Crippen molar-refractivity contribution in [1.29, 1.82) is 0 Å². The Morgan fingerprint density at radius 1 is 1.37 bits per heavy atom. The highest BCUT2D eigenvalue weighted by Crippen LogP contribution is 2.44. The second-order valence-electron chi connectivity index (χ2n) is 5.27. The SMILES string of the molecule is NC(=O)COc1ccc(NC2CC3CC=CC32)cc1. The predicted molar refractivity (Wildman–Crippen MR) is 73.9 cm³/mol. The van der Waals surface area contributed by atoms with Crippen molar-refractivity contribution in [3.63, 3.8) is 0 Å². The number of carbonyl (C=O) groups is 1. The highest BCUT2D eigenvalue weighted by molar-refractivity contribution is 5.75. The van der Waals surface area contributed by atoms with Crippen LogP contribution in [0.1, 0.15) is 12.8 Å². The van der Waals surface area contributed by atoms with E-state index in [9.17, 15) is 4.79 Å². The summed E-state index contributed by atoms with van der Waals surface area (Å²) in [5, 5.41) is 3.54. The maximum Gasteiger partial charge on any atom is 0.255 e. The molecule has 0 radical (unpaired) electrons. The molecule has 3 atom stereocenters. The second-order valence-corrected chi connectivity index (χ2v) is 5.27. The smallest absolute Gasteiger partial charge is 0.255 e. The van der Waals surface area contributed by atoms with E-state index in [0.717, 1.165) is 11.6 Å². The van der Waals surface area contributed by atoms with E-state index in [0.29, 0.717) is 17.7 Å². The van der Waals surface area contributed by atoms with Crippen molar-refractivity contribution in [2.75, 3.05) is 11.9 Å². The summed E-state index contributed by atoms with van der Waals surface area (Å²) >= 11 is 0. The fourth-order valence-electron chi connectivity index (χ4n) is 2.90. The minimum atomic E-state index is -0.462. The number of fused-ring (bicyclic) bond motifs is 1. The zero-order valence-corrected chi connectivity index (χ0v) is 10.7. The fourth-order valence-corrected chi connectivity index (χ4v) is 2.90. The summed E-state index contributed by atoms with van der Waals surface area (Å²) < 4.78 is 5.22. The lowest BCUT2D eigenvalue weighted by Gasteiger charge is -2.41. The lowest BCUT2D eigenvalue weighted by Crippen LogP contribution is -2.43. The Labute approximate surface area is 112 Å². The van der Waals surface area contributed by atoms with Crippen molar-refractivity contribution in [3.05, 3.63) is 36.4 Å². The van der Waals surface area contributed by atoms with Gasteiger partial charge in [-0.1, -0.05) is 12.2 Å². The topological polar surface area (TPSA) is 64.4 Å². The van der Waals surface area contributed by atoms with E-state index in [1.165, 1.54) is 12.8 Å². The maximum atomic E-state index is 10.6. The second kappa shape index (κ2) is 4.96.